The molecule has 0 saturated carbocycles. The molecule has 11 nitrogen and oxygen atoms in total. The molecule has 0 aliphatic carbocycles. The quantitative estimate of drug-likeness (QED) is 0.365. The average Bonchev–Trinajstić information content (AvgIpc) is 3.47. The number of aromatic amines is 1. The summed E-state index contributed by atoms with van der Waals surface area (Å²) in [6, 6.07) is 7.83. The van der Waals surface area contributed by atoms with Crippen molar-refractivity contribution < 1.29 is 14.3 Å². The molecule has 1 N–H and O–H groups in total. The molecule has 0 aromatic carbocycles. The molecule has 5 rings (SSSR count). The van der Waals surface area contributed by atoms with Gasteiger partial charge in [0.25, 0.3) is 0 Å². The fourth-order valence-corrected chi connectivity index (χ4v) is 5.12. The van der Waals surface area contributed by atoms with E-state index in [1.165, 1.54) is 4.68 Å². The summed E-state index contributed by atoms with van der Waals surface area (Å²) in [5.74, 6) is 0.806. The Morgan fingerprint density at radius 2 is 1.80 bits per heavy atom. The number of pyridine rings is 2. The van der Waals surface area contributed by atoms with Crippen LogP contribution in [0.5, 0.6) is 0 Å². The predicted octanol–water partition coefficient (Wildman–Crippen LogP) is 4.38. The molecular weight excluding hydrogens is 508 g/mol. The second-order valence-electron chi connectivity index (χ2n) is 11.5. The SMILES string of the molecule is Cc1nn(C(=O)OC(C)(C)C)c(C)c1-c1cc(C(=O)c2nc3nc(N4CCC(N(C)C)CC4)ccc3[nH]2)ccn1. The van der Waals surface area contributed by atoms with Crippen molar-refractivity contribution in [3.05, 3.63) is 53.2 Å². The second kappa shape index (κ2) is 10.5. The van der Waals surface area contributed by atoms with Gasteiger partial charge >= 0.3 is 6.09 Å². The van der Waals surface area contributed by atoms with E-state index < -0.39 is 11.7 Å². The van der Waals surface area contributed by atoms with Gasteiger partial charge in [0.05, 0.1) is 22.6 Å². The number of rotatable bonds is 5. The number of hydrogen-bond donors (Lipinski definition) is 1. The summed E-state index contributed by atoms with van der Waals surface area (Å²) in [6.07, 6.45) is 3.17. The van der Waals surface area contributed by atoms with Gasteiger partial charge in [0.15, 0.2) is 11.5 Å². The number of ketones is 1. The Balaban J connectivity index is 1.39. The van der Waals surface area contributed by atoms with E-state index in [4.69, 9.17) is 9.72 Å². The van der Waals surface area contributed by atoms with Crippen LogP contribution in [0.15, 0.2) is 30.5 Å². The largest absolute Gasteiger partial charge is 0.442 e. The van der Waals surface area contributed by atoms with E-state index in [0.29, 0.717) is 45.4 Å². The summed E-state index contributed by atoms with van der Waals surface area (Å²) < 4.78 is 6.72. The molecule has 1 saturated heterocycles. The van der Waals surface area contributed by atoms with Crippen molar-refractivity contribution in [2.24, 2.45) is 0 Å². The van der Waals surface area contributed by atoms with Crippen molar-refractivity contribution in [3.63, 3.8) is 0 Å². The van der Waals surface area contributed by atoms with Gasteiger partial charge in [-0.15, -0.1) is 0 Å². The number of carbonyl (C=O) groups excluding carboxylic acids is 2. The van der Waals surface area contributed by atoms with Crippen LogP contribution in [0.1, 0.15) is 61.2 Å². The number of nitrogens with one attached hydrogen (secondary N) is 1. The normalized spacial score (nSPS) is 14.8. The zero-order valence-electron chi connectivity index (χ0n) is 24.1. The van der Waals surface area contributed by atoms with Crippen LogP contribution in [0, 0.1) is 13.8 Å². The number of H-pyrrole nitrogens is 1. The van der Waals surface area contributed by atoms with Crippen LogP contribution in [0.3, 0.4) is 0 Å². The molecule has 0 radical (unpaired) electrons. The fourth-order valence-electron chi connectivity index (χ4n) is 5.12. The van der Waals surface area contributed by atoms with Crippen LogP contribution in [0.2, 0.25) is 0 Å². The third-order valence-corrected chi connectivity index (χ3v) is 7.20. The zero-order chi connectivity index (χ0) is 28.8. The fraction of sp³-hybridized carbons (Fsp3) is 0.448. The van der Waals surface area contributed by atoms with Gasteiger partial charge in [-0.2, -0.15) is 9.78 Å². The summed E-state index contributed by atoms with van der Waals surface area (Å²) in [6.45, 7) is 10.8. The number of ether oxygens (including phenoxy) is 1. The second-order valence-corrected chi connectivity index (χ2v) is 11.5. The molecular formula is C29H36N8O3. The molecule has 4 aromatic heterocycles. The van der Waals surface area contributed by atoms with Gasteiger partial charge in [0, 0.05) is 36.5 Å². The minimum Gasteiger partial charge on any atom is -0.442 e. The van der Waals surface area contributed by atoms with Gasteiger partial charge in [-0.25, -0.2) is 14.8 Å². The maximum Gasteiger partial charge on any atom is 0.435 e. The van der Waals surface area contributed by atoms with Crippen molar-refractivity contribution in [2.45, 2.75) is 59.1 Å². The molecule has 1 fully saturated rings. The Labute approximate surface area is 233 Å². The molecule has 5 heterocycles. The number of piperidine rings is 1. The van der Waals surface area contributed by atoms with Gasteiger partial charge < -0.3 is 19.5 Å². The predicted molar refractivity (Wildman–Crippen MR) is 153 cm³/mol. The number of carbonyl (C=O) groups is 2. The van der Waals surface area contributed by atoms with Gasteiger partial charge in [-0.3, -0.25) is 9.78 Å². The van der Waals surface area contributed by atoms with Crippen LogP contribution in [0.25, 0.3) is 22.4 Å². The Morgan fingerprint density at radius 3 is 2.48 bits per heavy atom. The van der Waals surface area contributed by atoms with E-state index in [1.807, 2.05) is 12.1 Å². The molecule has 210 valence electrons. The van der Waals surface area contributed by atoms with E-state index in [9.17, 15) is 9.59 Å². The van der Waals surface area contributed by atoms with Crippen molar-refractivity contribution >= 4 is 28.9 Å². The topological polar surface area (TPSA) is 122 Å². The first-order valence-electron chi connectivity index (χ1n) is 13.5. The number of aryl methyl sites for hydroxylation is 1. The monoisotopic (exact) mass is 544 g/mol. The number of fused-ring (bicyclic) bond motifs is 1. The molecule has 40 heavy (non-hydrogen) atoms. The molecule has 0 unspecified atom stereocenters. The number of aromatic nitrogens is 6. The number of anilines is 1. The van der Waals surface area contributed by atoms with Gasteiger partial charge in [0.1, 0.15) is 11.4 Å². The lowest BCUT2D eigenvalue weighted by atomic mass is 10.0. The Kier molecular flexibility index (Phi) is 7.17. The highest BCUT2D eigenvalue weighted by molar-refractivity contribution is 6.08. The first-order valence-corrected chi connectivity index (χ1v) is 13.5. The van der Waals surface area contributed by atoms with Crippen LogP contribution in [-0.4, -0.2) is 85.3 Å². The Morgan fingerprint density at radius 1 is 1.07 bits per heavy atom. The average molecular weight is 545 g/mol. The lowest BCUT2D eigenvalue weighted by Crippen LogP contribution is -2.42. The lowest BCUT2D eigenvalue weighted by Gasteiger charge is -2.35. The smallest absolute Gasteiger partial charge is 0.435 e. The van der Waals surface area contributed by atoms with E-state index in [2.05, 4.69) is 43.9 Å². The highest BCUT2D eigenvalue weighted by Gasteiger charge is 2.25. The number of nitrogens with zero attached hydrogens (tertiary/aromatic N) is 7. The number of hydrogen-bond acceptors (Lipinski definition) is 9. The summed E-state index contributed by atoms with van der Waals surface area (Å²) in [7, 11) is 4.25. The Bertz CT molecular complexity index is 1570. The summed E-state index contributed by atoms with van der Waals surface area (Å²) in [4.78, 5) is 47.6. The molecule has 0 atom stereocenters. The minimum atomic E-state index is -0.654. The lowest BCUT2D eigenvalue weighted by molar-refractivity contribution is 0.0510. The van der Waals surface area contributed by atoms with E-state index in [1.54, 1.807) is 52.9 Å². The van der Waals surface area contributed by atoms with E-state index in [0.717, 1.165) is 31.7 Å². The highest BCUT2D eigenvalue weighted by Crippen LogP contribution is 2.28. The third kappa shape index (κ3) is 5.46. The zero-order valence-corrected chi connectivity index (χ0v) is 24.1. The first-order chi connectivity index (χ1) is 18.9. The van der Waals surface area contributed by atoms with Crippen molar-refractivity contribution in [1.29, 1.82) is 0 Å². The van der Waals surface area contributed by atoms with Gasteiger partial charge in [-0.1, -0.05) is 0 Å². The molecule has 4 aromatic rings. The molecule has 0 amide bonds. The van der Waals surface area contributed by atoms with Crippen molar-refractivity contribution in [1.82, 2.24) is 34.6 Å². The van der Waals surface area contributed by atoms with Crippen LogP contribution in [0.4, 0.5) is 10.6 Å². The van der Waals surface area contributed by atoms with E-state index in [-0.39, 0.29) is 11.6 Å². The van der Waals surface area contributed by atoms with Gasteiger partial charge in [0.2, 0.25) is 5.78 Å². The molecule has 1 aliphatic heterocycles. The first kappa shape index (κ1) is 27.4. The summed E-state index contributed by atoms with van der Waals surface area (Å²) in [5, 5.41) is 4.38. The maximum atomic E-state index is 13.5. The van der Waals surface area contributed by atoms with Gasteiger partial charge in [-0.05, 0) is 85.8 Å². The van der Waals surface area contributed by atoms with Crippen molar-refractivity contribution in [3.8, 4) is 11.3 Å². The molecule has 1 aliphatic rings. The number of imidazole rings is 1. The minimum absolute atomic E-state index is 0.209. The van der Waals surface area contributed by atoms with Crippen LogP contribution in [-0.2, 0) is 4.74 Å². The third-order valence-electron chi connectivity index (χ3n) is 7.20. The van der Waals surface area contributed by atoms with Crippen LogP contribution < -0.4 is 4.90 Å². The van der Waals surface area contributed by atoms with E-state index >= 15 is 0 Å². The molecule has 11 heteroatoms. The van der Waals surface area contributed by atoms with Crippen molar-refractivity contribution in [2.75, 3.05) is 32.1 Å². The maximum absolute atomic E-state index is 13.5. The standard InChI is InChI=1S/C29H36N8O3/c1-17-24(18(2)37(34-17)28(39)40-29(3,4)5)22-16-19(10-13-30-22)25(38)27-31-21-8-9-23(32-26(21)33-27)36-14-11-20(12-15-36)35(6)7/h8-10,13,16,20H,11-12,14-15H2,1-7H3,(H,31,32,33). The highest BCUT2D eigenvalue weighted by atomic mass is 16.6. The molecule has 0 spiro atoms. The van der Waals surface area contributed by atoms with Crippen LogP contribution >= 0.6 is 0 Å². The molecule has 0 bridgehead atoms. The summed E-state index contributed by atoms with van der Waals surface area (Å²) >= 11 is 0. The Hall–Kier alpha value is -4.12. The summed E-state index contributed by atoms with van der Waals surface area (Å²) in [5.41, 5.74) is 3.38.